The van der Waals surface area contributed by atoms with Crippen molar-refractivity contribution in [3.63, 3.8) is 0 Å². The highest BCUT2D eigenvalue weighted by molar-refractivity contribution is 6.32. The van der Waals surface area contributed by atoms with E-state index in [-0.39, 0.29) is 0 Å². The van der Waals surface area contributed by atoms with Crippen molar-refractivity contribution in [2.45, 2.75) is 39.3 Å². The Balaban J connectivity index is 1.81. The zero-order chi connectivity index (χ0) is 14.4. The van der Waals surface area contributed by atoms with E-state index in [9.17, 15) is 0 Å². The highest BCUT2D eigenvalue weighted by atomic mass is 35.5. The number of hydrogen-bond donors (Lipinski definition) is 1. The lowest BCUT2D eigenvalue weighted by molar-refractivity contribution is 0.0816. The Labute approximate surface area is 126 Å². The summed E-state index contributed by atoms with van der Waals surface area (Å²) in [7, 11) is 0. The van der Waals surface area contributed by atoms with Crippen molar-refractivity contribution in [1.82, 2.24) is 5.32 Å². The molecule has 0 spiro atoms. The second-order valence-corrected chi connectivity index (χ2v) is 6.11. The molecule has 0 amide bonds. The molecule has 0 bridgehead atoms. The number of nitrogens with one attached hydrogen (secondary N) is 1. The molecule has 0 aliphatic heterocycles. The molecule has 112 valence electrons. The minimum atomic E-state index is 0.535. The molecule has 4 heteroatoms. The van der Waals surface area contributed by atoms with Crippen LogP contribution in [-0.2, 0) is 11.3 Å². The quantitative estimate of drug-likeness (QED) is 0.706. The van der Waals surface area contributed by atoms with Gasteiger partial charge >= 0.3 is 0 Å². The Morgan fingerprint density at radius 2 is 2.10 bits per heavy atom. The Hall–Kier alpha value is -0.770. The summed E-state index contributed by atoms with van der Waals surface area (Å²) in [6, 6.07) is 6.57. The minimum absolute atomic E-state index is 0.535. The topological polar surface area (TPSA) is 30.5 Å². The van der Waals surface area contributed by atoms with E-state index in [1.807, 2.05) is 12.1 Å². The molecule has 0 radical (unpaired) electrons. The van der Waals surface area contributed by atoms with E-state index >= 15 is 0 Å². The molecule has 1 aromatic rings. The Morgan fingerprint density at radius 3 is 2.80 bits per heavy atom. The van der Waals surface area contributed by atoms with Gasteiger partial charge in [-0.05, 0) is 24.8 Å². The van der Waals surface area contributed by atoms with Crippen molar-refractivity contribution < 1.29 is 9.47 Å². The predicted molar refractivity (Wildman–Crippen MR) is 82.5 cm³/mol. The zero-order valence-corrected chi connectivity index (χ0v) is 13.1. The summed E-state index contributed by atoms with van der Waals surface area (Å²) >= 11 is 6.23. The Kier molecular flexibility index (Phi) is 6.14. The first-order valence-corrected chi connectivity index (χ1v) is 7.76. The van der Waals surface area contributed by atoms with Crippen molar-refractivity contribution in [2.24, 2.45) is 5.92 Å². The van der Waals surface area contributed by atoms with Crippen molar-refractivity contribution >= 4 is 11.6 Å². The number of hydrogen-bond acceptors (Lipinski definition) is 3. The molecule has 1 aliphatic rings. The highest BCUT2D eigenvalue weighted by Gasteiger charge is 2.21. The van der Waals surface area contributed by atoms with E-state index in [4.69, 9.17) is 21.1 Å². The second kappa shape index (κ2) is 7.87. The fraction of sp³-hybridized carbons (Fsp3) is 0.625. The lowest BCUT2D eigenvalue weighted by Crippen LogP contribution is -2.17. The molecule has 0 atom stereocenters. The number of para-hydroxylation sites is 1. The molecule has 1 saturated carbocycles. The molecule has 20 heavy (non-hydrogen) atoms. The summed E-state index contributed by atoms with van der Waals surface area (Å²) in [5.41, 5.74) is 1.12. The molecule has 0 unspecified atom stereocenters. The van der Waals surface area contributed by atoms with E-state index in [2.05, 4.69) is 25.2 Å². The second-order valence-electron chi connectivity index (χ2n) is 5.70. The van der Waals surface area contributed by atoms with Gasteiger partial charge in [0.05, 0.1) is 11.6 Å². The summed E-state index contributed by atoms with van der Waals surface area (Å²) in [5.74, 6) is 1.34. The van der Waals surface area contributed by atoms with Crippen LogP contribution in [-0.4, -0.2) is 25.9 Å². The molecule has 0 heterocycles. The van der Waals surface area contributed by atoms with Crippen LogP contribution in [0.5, 0.6) is 5.75 Å². The van der Waals surface area contributed by atoms with Gasteiger partial charge in [-0.1, -0.05) is 37.6 Å². The number of halogens is 1. The van der Waals surface area contributed by atoms with Gasteiger partial charge in [0.2, 0.25) is 0 Å². The third-order valence-electron chi connectivity index (χ3n) is 3.13. The molecular formula is C16H24ClNO2. The summed E-state index contributed by atoms with van der Waals surface area (Å²) < 4.78 is 11.3. The first-order chi connectivity index (χ1) is 9.66. The average Bonchev–Trinajstić information content (AvgIpc) is 3.22. The monoisotopic (exact) mass is 297 g/mol. The molecule has 3 nitrogen and oxygen atoms in total. The Morgan fingerprint density at radius 1 is 1.30 bits per heavy atom. The van der Waals surface area contributed by atoms with Crippen LogP contribution >= 0.6 is 11.6 Å². The molecule has 2 rings (SSSR count). The van der Waals surface area contributed by atoms with Crippen molar-refractivity contribution in [3.8, 4) is 5.75 Å². The van der Waals surface area contributed by atoms with Crippen LogP contribution < -0.4 is 10.1 Å². The van der Waals surface area contributed by atoms with E-state index in [0.717, 1.165) is 24.5 Å². The molecular weight excluding hydrogens is 274 g/mol. The summed E-state index contributed by atoms with van der Waals surface area (Å²) in [4.78, 5) is 0. The SMILES string of the molecule is CC(C)COCCOc1c(Cl)cccc1CNC1CC1. The Bertz CT molecular complexity index is 419. The van der Waals surface area contributed by atoms with E-state index in [0.29, 0.717) is 30.2 Å². The smallest absolute Gasteiger partial charge is 0.142 e. The van der Waals surface area contributed by atoms with E-state index in [1.165, 1.54) is 12.8 Å². The normalized spacial score (nSPS) is 14.8. The molecule has 1 fully saturated rings. The van der Waals surface area contributed by atoms with Crippen LogP contribution in [0.2, 0.25) is 5.02 Å². The lowest BCUT2D eigenvalue weighted by Gasteiger charge is -2.14. The molecule has 1 aromatic carbocycles. The van der Waals surface area contributed by atoms with Gasteiger partial charge in [0.1, 0.15) is 12.4 Å². The van der Waals surface area contributed by atoms with Gasteiger partial charge in [0, 0.05) is 24.8 Å². The molecule has 1 N–H and O–H groups in total. The van der Waals surface area contributed by atoms with Gasteiger partial charge in [0.25, 0.3) is 0 Å². The van der Waals surface area contributed by atoms with Crippen molar-refractivity contribution in [2.75, 3.05) is 19.8 Å². The van der Waals surface area contributed by atoms with E-state index in [1.54, 1.807) is 0 Å². The third-order valence-corrected chi connectivity index (χ3v) is 3.43. The van der Waals surface area contributed by atoms with Gasteiger partial charge in [-0.2, -0.15) is 0 Å². The predicted octanol–water partition coefficient (Wildman–Crippen LogP) is 3.64. The van der Waals surface area contributed by atoms with Crippen LogP contribution in [0.3, 0.4) is 0 Å². The van der Waals surface area contributed by atoms with Crippen molar-refractivity contribution in [1.29, 1.82) is 0 Å². The minimum Gasteiger partial charge on any atom is -0.489 e. The van der Waals surface area contributed by atoms with Gasteiger partial charge < -0.3 is 14.8 Å². The molecule has 1 aliphatic carbocycles. The largest absolute Gasteiger partial charge is 0.489 e. The number of rotatable bonds is 9. The number of benzene rings is 1. The first-order valence-electron chi connectivity index (χ1n) is 7.38. The summed E-state index contributed by atoms with van der Waals surface area (Å²) in [6.07, 6.45) is 2.56. The fourth-order valence-electron chi connectivity index (χ4n) is 1.92. The average molecular weight is 298 g/mol. The first kappa shape index (κ1) is 15.6. The van der Waals surface area contributed by atoms with Crippen molar-refractivity contribution in [3.05, 3.63) is 28.8 Å². The fourth-order valence-corrected chi connectivity index (χ4v) is 2.17. The van der Waals surface area contributed by atoms with Gasteiger partial charge in [0.15, 0.2) is 0 Å². The van der Waals surface area contributed by atoms with Gasteiger partial charge in [-0.3, -0.25) is 0 Å². The molecule has 0 aromatic heterocycles. The van der Waals surface area contributed by atoms with Crippen LogP contribution in [0.25, 0.3) is 0 Å². The maximum atomic E-state index is 6.23. The zero-order valence-electron chi connectivity index (χ0n) is 12.3. The number of ether oxygens (including phenoxy) is 2. The third kappa shape index (κ3) is 5.31. The maximum Gasteiger partial charge on any atom is 0.142 e. The lowest BCUT2D eigenvalue weighted by atomic mass is 10.2. The van der Waals surface area contributed by atoms with Gasteiger partial charge in [-0.15, -0.1) is 0 Å². The van der Waals surface area contributed by atoms with Crippen LogP contribution in [0.4, 0.5) is 0 Å². The standard InChI is InChI=1S/C16H24ClNO2/c1-12(2)11-19-8-9-20-16-13(4-3-5-15(16)17)10-18-14-6-7-14/h3-5,12,14,18H,6-11H2,1-2H3. The van der Waals surface area contributed by atoms with Crippen LogP contribution in [0, 0.1) is 5.92 Å². The van der Waals surface area contributed by atoms with Gasteiger partial charge in [-0.25, -0.2) is 0 Å². The summed E-state index contributed by atoms with van der Waals surface area (Å²) in [5, 5.41) is 4.16. The summed E-state index contributed by atoms with van der Waals surface area (Å²) in [6.45, 7) is 6.98. The molecule has 0 saturated heterocycles. The maximum absolute atomic E-state index is 6.23. The van der Waals surface area contributed by atoms with Crippen LogP contribution in [0.1, 0.15) is 32.3 Å². The van der Waals surface area contributed by atoms with Crippen LogP contribution in [0.15, 0.2) is 18.2 Å². The highest BCUT2D eigenvalue weighted by Crippen LogP contribution is 2.29. The van der Waals surface area contributed by atoms with E-state index < -0.39 is 0 Å².